The number of amides is 1. The third-order valence-corrected chi connectivity index (χ3v) is 6.91. The van der Waals surface area contributed by atoms with Gasteiger partial charge in [-0.15, -0.1) is 0 Å². The average Bonchev–Trinajstić information content (AvgIpc) is 2.79. The van der Waals surface area contributed by atoms with Gasteiger partial charge < -0.3 is 14.4 Å². The molecule has 1 aliphatic rings. The molecule has 0 radical (unpaired) electrons. The van der Waals surface area contributed by atoms with Gasteiger partial charge >= 0.3 is 0 Å². The van der Waals surface area contributed by atoms with Gasteiger partial charge in [-0.1, -0.05) is 62.4 Å². The summed E-state index contributed by atoms with van der Waals surface area (Å²) in [5, 5.41) is 0. The minimum atomic E-state index is -0.0795. The van der Waals surface area contributed by atoms with E-state index < -0.39 is 0 Å². The molecule has 0 spiro atoms. The summed E-state index contributed by atoms with van der Waals surface area (Å²) in [5.74, 6) is 1.48. The molecule has 168 valence electrons. The van der Waals surface area contributed by atoms with Crippen LogP contribution in [0.5, 0.6) is 5.75 Å². The molecule has 2 aromatic rings. The van der Waals surface area contributed by atoms with Crippen LogP contribution in [0.25, 0.3) is 0 Å². The predicted molar refractivity (Wildman–Crippen MR) is 125 cm³/mol. The van der Waals surface area contributed by atoms with Crippen molar-refractivity contribution in [3.63, 3.8) is 0 Å². The van der Waals surface area contributed by atoms with Crippen LogP contribution < -0.4 is 4.74 Å². The summed E-state index contributed by atoms with van der Waals surface area (Å²) >= 11 is 0. The van der Waals surface area contributed by atoms with Crippen molar-refractivity contribution in [3.8, 4) is 5.75 Å². The lowest BCUT2D eigenvalue weighted by molar-refractivity contribution is -0.131. The van der Waals surface area contributed by atoms with Crippen LogP contribution in [-0.4, -0.2) is 37.2 Å². The van der Waals surface area contributed by atoms with E-state index in [1.165, 1.54) is 5.56 Å². The molecule has 31 heavy (non-hydrogen) atoms. The van der Waals surface area contributed by atoms with Crippen molar-refractivity contribution in [2.24, 2.45) is 5.92 Å². The molecule has 0 aromatic heterocycles. The number of nitrogens with zero attached hydrogens (tertiary/aromatic N) is 1. The number of methoxy groups -OCH3 is 1. The summed E-state index contributed by atoms with van der Waals surface area (Å²) in [7, 11) is 1.74. The molecule has 1 saturated heterocycles. The third-order valence-electron chi connectivity index (χ3n) is 6.91. The molecule has 0 unspecified atom stereocenters. The van der Waals surface area contributed by atoms with E-state index in [1.54, 1.807) is 14.0 Å². The number of benzene rings is 2. The van der Waals surface area contributed by atoms with Gasteiger partial charge in [0.1, 0.15) is 5.75 Å². The molecule has 0 aliphatic carbocycles. The van der Waals surface area contributed by atoms with Crippen LogP contribution in [0.1, 0.15) is 64.1 Å². The van der Waals surface area contributed by atoms with Crippen molar-refractivity contribution in [1.29, 1.82) is 0 Å². The minimum absolute atomic E-state index is 0.0363. The maximum atomic E-state index is 12.6. The van der Waals surface area contributed by atoms with E-state index in [4.69, 9.17) is 9.47 Å². The Morgan fingerprint density at radius 2 is 1.81 bits per heavy atom. The highest BCUT2D eigenvalue weighted by Gasteiger charge is 2.41. The fourth-order valence-corrected chi connectivity index (χ4v) is 4.94. The molecule has 1 amide bonds. The van der Waals surface area contributed by atoms with E-state index in [9.17, 15) is 4.79 Å². The van der Waals surface area contributed by atoms with E-state index in [0.717, 1.165) is 37.2 Å². The van der Waals surface area contributed by atoms with Crippen molar-refractivity contribution < 1.29 is 14.3 Å². The minimum Gasteiger partial charge on any atom is -0.496 e. The van der Waals surface area contributed by atoms with E-state index in [1.807, 2.05) is 35.2 Å². The van der Waals surface area contributed by atoms with Gasteiger partial charge in [-0.05, 0) is 43.7 Å². The van der Waals surface area contributed by atoms with Crippen LogP contribution in [0.4, 0.5) is 0 Å². The second-order valence-electron chi connectivity index (χ2n) is 9.14. The number of hydrogen-bond donors (Lipinski definition) is 0. The Morgan fingerprint density at radius 3 is 2.45 bits per heavy atom. The molecule has 1 aliphatic heterocycles. The average molecular weight is 424 g/mol. The Balaban J connectivity index is 1.92. The quantitative estimate of drug-likeness (QED) is 0.541. The third kappa shape index (κ3) is 5.30. The van der Waals surface area contributed by atoms with E-state index in [-0.39, 0.29) is 23.5 Å². The standard InChI is InChI=1S/C27H37NO3/c1-20(2)26-19-27(16-18-31-26,24-13-9-10-14-25(24)30-5)15-17-28(22(4)29)21(3)23-11-7-6-8-12-23/h6-14,20-21,26H,15-19H2,1-5H3/t21-,26-,27-/m0/s1. The lowest BCUT2D eigenvalue weighted by atomic mass is 9.68. The van der Waals surface area contributed by atoms with Crippen LogP contribution in [-0.2, 0) is 14.9 Å². The maximum absolute atomic E-state index is 12.6. The Kier molecular flexibility index (Phi) is 7.77. The number of rotatable bonds is 8. The fourth-order valence-electron chi connectivity index (χ4n) is 4.94. The highest BCUT2D eigenvalue weighted by atomic mass is 16.5. The topological polar surface area (TPSA) is 38.8 Å². The molecular weight excluding hydrogens is 386 g/mol. The van der Waals surface area contributed by atoms with Crippen LogP contribution in [0.3, 0.4) is 0 Å². The van der Waals surface area contributed by atoms with Gasteiger partial charge in [0.2, 0.25) is 5.91 Å². The second-order valence-corrected chi connectivity index (χ2v) is 9.14. The molecule has 3 atom stereocenters. The van der Waals surface area contributed by atoms with Crippen molar-refractivity contribution in [2.75, 3.05) is 20.3 Å². The predicted octanol–water partition coefficient (Wildman–Crippen LogP) is 5.77. The normalized spacial score (nSPS) is 22.2. The first-order chi connectivity index (χ1) is 14.9. The molecule has 2 aromatic carbocycles. The zero-order valence-electron chi connectivity index (χ0n) is 19.6. The monoisotopic (exact) mass is 423 g/mol. The number of hydrogen-bond acceptors (Lipinski definition) is 3. The highest BCUT2D eigenvalue weighted by Crippen LogP contribution is 2.45. The summed E-state index contributed by atoms with van der Waals surface area (Å²) in [5.41, 5.74) is 2.32. The Bertz CT molecular complexity index is 851. The summed E-state index contributed by atoms with van der Waals surface area (Å²) in [4.78, 5) is 14.7. The molecule has 4 nitrogen and oxygen atoms in total. The molecule has 1 fully saturated rings. The smallest absolute Gasteiger partial charge is 0.219 e. The summed E-state index contributed by atoms with van der Waals surface area (Å²) in [6.07, 6.45) is 2.96. The number of para-hydroxylation sites is 1. The maximum Gasteiger partial charge on any atom is 0.219 e. The first kappa shape index (κ1) is 23.3. The molecule has 1 heterocycles. The Labute approximate surface area is 187 Å². The van der Waals surface area contributed by atoms with Crippen LogP contribution in [0, 0.1) is 5.92 Å². The van der Waals surface area contributed by atoms with Gasteiger partial charge in [-0.2, -0.15) is 0 Å². The van der Waals surface area contributed by atoms with E-state index in [2.05, 4.69) is 45.0 Å². The van der Waals surface area contributed by atoms with E-state index in [0.29, 0.717) is 12.5 Å². The summed E-state index contributed by atoms with van der Waals surface area (Å²) in [6.45, 7) is 9.68. The van der Waals surface area contributed by atoms with Gasteiger partial charge in [0.25, 0.3) is 0 Å². The van der Waals surface area contributed by atoms with Crippen molar-refractivity contribution in [2.45, 2.75) is 64.5 Å². The molecular formula is C27H37NO3. The fraction of sp³-hybridized carbons (Fsp3) is 0.519. The number of ether oxygens (including phenoxy) is 2. The van der Waals surface area contributed by atoms with Crippen LogP contribution in [0.15, 0.2) is 54.6 Å². The molecule has 0 N–H and O–H groups in total. The zero-order valence-corrected chi connectivity index (χ0v) is 19.6. The second kappa shape index (κ2) is 10.3. The molecule has 4 heteroatoms. The van der Waals surface area contributed by atoms with Gasteiger partial charge in [-0.3, -0.25) is 4.79 Å². The van der Waals surface area contributed by atoms with Crippen molar-refractivity contribution in [1.82, 2.24) is 4.90 Å². The van der Waals surface area contributed by atoms with Crippen LogP contribution >= 0.6 is 0 Å². The van der Waals surface area contributed by atoms with Crippen LogP contribution in [0.2, 0.25) is 0 Å². The lowest BCUT2D eigenvalue weighted by Crippen LogP contribution is -2.44. The largest absolute Gasteiger partial charge is 0.496 e. The first-order valence-electron chi connectivity index (χ1n) is 11.4. The first-order valence-corrected chi connectivity index (χ1v) is 11.4. The van der Waals surface area contributed by atoms with E-state index >= 15 is 0 Å². The highest BCUT2D eigenvalue weighted by molar-refractivity contribution is 5.73. The van der Waals surface area contributed by atoms with Gasteiger partial charge in [-0.25, -0.2) is 0 Å². The summed E-state index contributed by atoms with van der Waals surface area (Å²) in [6, 6.07) is 18.7. The van der Waals surface area contributed by atoms with Gasteiger partial charge in [0.05, 0.1) is 19.3 Å². The van der Waals surface area contributed by atoms with Crippen molar-refractivity contribution >= 4 is 5.91 Å². The number of carbonyl (C=O) groups is 1. The lowest BCUT2D eigenvalue weighted by Gasteiger charge is -2.44. The zero-order chi connectivity index (χ0) is 22.4. The SMILES string of the molecule is COc1ccccc1[C@@]1(CCN(C(C)=O)[C@@H](C)c2ccccc2)CCO[C@H](C(C)C)C1. The van der Waals surface area contributed by atoms with Gasteiger partial charge in [0, 0.05) is 31.1 Å². The summed E-state index contributed by atoms with van der Waals surface area (Å²) < 4.78 is 11.9. The molecule has 3 rings (SSSR count). The molecule has 0 bridgehead atoms. The Morgan fingerprint density at radius 1 is 1.13 bits per heavy atom. The Hall–Kier alpha value is -2.33. The van der Waals surface area contributed by atoms with Gasteiger partial charge in [0.15, 0.2) is 0 Å². The number of carbonyl (C=O) groups excluding carboxylic acids is 1. The molecule has 0 saturated carbocycles. The van der Waals surface area contributed by atoms with Crippen molar-refractivity contribution in [3.05, 3.63) is 65.7 Å².